The van der Waals surface area contributed by atoms with E-state index in [9.17, 15) is 4.79 Å². The lowest BCUT2D eigenvalue weighted by Crippen LogP contribution is -2.24. The third-order valence-electron chi connectivity index (χ3n) is 4.19. The molecule has 0 bridgehead atoms. The average Bonchev–Trinajstić information content (AvgIpc) is 3.21. The largest absolute Gasteiger partial charge is 0.484 e. The first-order valence-corrected chi connectivity index (χ1v) is 9.05. The molecule has 6 nitrogen and oxygen atoms in total. The zero-order chi connectivity index (χ0) is 20.0. The normalized spacial score (nSPS) is 11.5. The van der Waals surface area contributed by atoms with E-state index in [1.165, 1.54) is 5.56 Å². The summed E-state index contributed by atoms with van der Waals surface area (Å²) in [4.78, 5) is 15.9. The predicted octanol–water partition coefficient (Wildman–Crippen LogP) is 3.70. The summed E-state index contributed by atoms with van der Waals surface area (Å²) >= 11 is 0. The molecule has 0 radical (unpaired) electrons. The highest BCUT2D eigenvalue weighted by atomic mass is 16.5. The lowest BCUT2D eigenvalue weighted by molar-refractivity contribution is -0.123. The molecule has 0 aliphatic heterocycles. The topological polar surface area (TPSA) is 68.5 Å². The van der Waals surface area contributed by atoms with Crippen LogP contribution in [-0.2, 0) is 10.2 Å². The molecule has 0 spiro atoms. The maximum Gasteiger partial charge on any atom is 0.277 e. The smallest absolute Gasteiger partial charge is 0.277 e. The SMILES string of the molecule is CC(C)(C)c1ccc(OCC(=O)N/N=C/c2ccc(-n3ccnc3)cc2)cc1. The Bertz CT molecular complexity index is 922. The number of rotatable bonds is 6. The Morgan fingerprint density at radius 2 is 1.86 bits per heavy atom. The van der Waals surface area contributed by atoms with Crippen molar-refractivity contribution in [2.24, 2.45) is 5.10 Å². The number of ether oxygens (including phenoxy) is 1. The Hall–Kier alpha value is -3.41. The molecule has 6 heteroatoms. The molecule has 1 N–H and O–H groups in total. The Morgan fingerprint density at radius 3 is 2.46 bits per heavy atom. The van der Waals surface area contributed by atoms with E-state index >= 15 is 0 Å². The Labute approximate surface area is 164 Å². The summed E-state index contributed by atoms with van der Waals surface area (Å²) in [5.41, 5.74) is 5.65. The van der Waals surface area contributed by atoms with Crippen LogP contribution >= 0.6 is 0 Å². The van der Waals surface area contributed by atoms with E-state index in [0.717, 1.165) is 11.3 Å². The van der Waals surface area contributed by atoms with E-state index in [0.29, 0.717) is 5.75 Å². The number of imidazole rings is 1. The fourth-order valence-electron chi connectivity index (χ4n) is 2.56. The molecule has 0 aliphatic rings. The number of hydrazone groups is 1. The van der Waals surface area contributed by atoms with Gasteiger partial charge in [0, 0.05) is 18.1 Å². The van der Waals surface area contributed by atoms with E-state index in [2.05, 4.69) is 36.3 Å². The maximum absolute atomic E-state index is 11.9. The molecule has 0 aliphatic carbocycles. The quantitative estimate of drug-likeness (QED) is 0.527. The minimum Gasteiger partial charge on any atom is -0.484 e. The number of nitrogens with zero attached hydrogens (tertiary/aromatic N) is 3. The van der Waals surface area contributed by atoms with Crippen molar-refractivity contribution in [1.82, 2.24) is 15.0 Å². The summed E-state index contributed by atoms with van der Waals surface area (Å²) < 4.78 is 7.41. The Kier molecular flexibility index (Phi) is 5.89. The number of hydrogen-bond donors (Lipinski definition) is 1. The van der Waals surface area contributed by atoms with E-state index in [4.69, 9.17) is 4.74 Å². The summed E-state index contributed by atoms with van der Waals surface area (Å²) in [6.45, 7) is 6.37. The van der Waals surface area contributed by atoms with Gasteiger partial charge in [0.2, 0.25) is 0 Å². The van der Waals surface area contributed by atoms with Gasteiger partial charge in [-0.25, -0.2) is 10.4 Å². The van der Waals surface area contributed by atoms with Gasteiger partial charge in [0.25, 0.3) is 5.91 Å². The highest BCUT2D eigenvalue weighted by molar-refractivity contribution is 5.83. The van der Waals surface area contributed by atoms with E-state index < -0.39 is 0 Å². The van der Waals surface area contributed by atoms with Gasteiger partial charge in [-0.2, -0.15) is 5.10 Å². The van der Waals surface area contributed by atoms with Crippen LogP contribution in [0, 0.1) is 0 Å². The molecule has 28 heavy (non-hydrogen) atoms. The van der Waals surface area contributed by atoms with Crippen molar-refractivity contribution in [3.05, 3.63) is 78.4 Å². The first-order chi connectivity index (χ1) is 13.4. The molecule has 2 aromatic carbocycles. The second kappa shape index (κ2) is 8.52. The highest BCUT2D eigenvalue weighted by Crippen LogP contribution is 2.24. The molecule has 1 aromatic heterocycles. The number of benzene rings is 2. The summed E-state index contributed by atoms with van der Waals surface area (Å²) in [5, 5.41) is 3.97. The maximum atomic E-state index is 11.9. The predicted molar refractivity (Wildman–Crippen MR) is 110 cm³/mol. The van der Waals surface area contributed by atoms with Gasteiger partial charge in [0.1, 0.15) is 5.75 Å². The number of carbonyl (C=O) groups is 1. The van der Waals surface area contributed by atoms with Gasteiger partial charge in [-0.1, -0.05) is 45.0 Å². The summed E-state index contributed by atoms with van der Waals surface area (Å²) in [7, 11) is 0. The van der Waals surface area contributed by atoms with Gasteiger partial charge in [-0.15, -0.1) is 0 Å². The van der Waals surface area contributed by atoms with E-state index in [1.807, 2.05) is 59.3 Å². The van der Waals surface area contributed by atoms with Gasteiger partial charge in [0.15, 0.2) is 6.61 Å². The first-order valence-electron chi connectivity index (χ1n) is 9.05. The van der Waals surface area contributed by atoms with Crippen molar-refractivity contribution in [1.29, 1.82) is 0 Å². The summed E-state index contributed by atoms with van der Waals surface area (Å²) in [6.07, 6.45) is 6.93. The van der Waals surface area contributed by atoms with Gasteiger partial charge >= 0.3 is 0 Å². The van der Waals surface area contributed by atoms with Crippen molar-refractivity contribution >= 4 is 12.1 Å². The van der Waals surface area contributed by atoms with Crippen LogP contribution in [0.4, 0.5) is 0 Å². The van der Waals surface area contributed by atoms with Crippen LogP contribution in [0.15, 0.2) is 72.4 Å². The standard InChI is InChI=1S/C22H24N4O2/c1-22(2,3)18-6-10-20(11-7-18)28-15-21(27)25-24-14-17-4-8-19(9-5-17)26-13-12-23-16-26/h4-14,16H,15H2,1-3H3,(H,25,27)/b24-14+. The number of carbonyl (C=O) groups excluding carboxylic acids is 1. The number of aromatic nitrogens is 2. The van der Waals surface area contributed by atoms with Crippen LogP contribution in [0.5, 0.6) is 5.75 Å². The van der Waals surface area contributed by atoms with Crippen molar-refractivity contribution < 1.29 is 9.53 Å². The van der Waals surface area contributed by atoms with Crippen LogP contribution in [-0.4, -0.2) is 28.3 Å². The fourth-order valence-corrected chi connectivity index (χ4v) is 2.56. The second-order valence-corrected chi connectivity index (χ2v) is 7.42. The number of hydrogen-bond acceptors (Lipinski definition) is 4. The molecule has 0 atom stereocenters. The van der Waals surface area contributed by atoms with Gasteiger partial charge in [0.05, 0.1) is 12.5 Å². The van der Waals surface area contributed by atoms with Crippen LogP contribution in [0.3, 0.4) is 0 Å². The minimum atomic E-state index is -0.314. The molecule has 144 valence electrons. The first kappa shape index (κ1) is 19.4. The van der Waals surface area contributed by atoms with Crippen molar-refractivity contribution in [2.75, 3.05) is 6.61 Å². The van der Waals surface area contributed by atoms with E-state index in [1.54, 1.807) is 18.7 Å². The lowest BCUT2D eigenvalue weighted by Gasteiger charge is -2.19. The second-order valence-electron chi connectivity index (χ2n) is 7.42. The van der Waals surface area contributed by atoms with Crippen molar-refractivity contribution in [3.63, 3.8) is 0 Å². The van der Waals surface area contributed by atoms with Gasteiger partial charge in [-0.3, -0.25) is 4.79 Å². The molecule has 3 aromatic rings. The zero-order valence-electron chi connectivity index (χ0n) is 16.3. The van der Waals surface area contributed by atoms with Crippen molar-refractivity contribution in [3.8, 4) is 11.4 Å². The molecule has 3 rings (SSSR count). The average molecular weight is 376 g/mol. The molecular formula is C22H24N4O2. The minimum absolute atomic E-state index is 0.0849. The van der Waals surface area contributed by atoms with Crippen LogP contribution in [0.25, 0.3) is 5.69 Å². The van der Waals surface area contributed by atoms with E-state index in [-0.39, 0.29) is 17.9 Å². The van der Waals surface area contributed by atoms with Crippen LogP contribution < -0.4 is 10.2 Å². The molecule has 0 unspecified atom stereocenters. The zero-order valence-corrected chi connectivity index (χ0v) is 16.3. The molecule has 0 saturated heterocycles. The Morgan fingerprint density at radius 1 is 1.14 bits per heavy atom. The summed E-state index contributed by atoms with van der Waals surface area (Å²) in [5.74, 6) is 0.341. The fraction of sp³-hybridized carbons (Fsp3) is 0.227. The third-order valence-corrected chi connectivity index (χ3v) is 4.19. The molecule has 1 amide bonds. The summed E-state index contributed by atoms with van der Waals surface area (Å²) in [6, 6.07) is 15.5. The third kappa shape index (κ3) is 5.30. The number of amides is 1. The van der Waals surface area contributed by atoms with Crippen LogP contribution in [0.2, 0.25) is 0 Å². The lowest BCUT2D eigenvalue weighted by atomic mass is 9.87. The van der Waals surface area contributed by atoms with Crippen molar-refractivity contribution in [2.45, 2.75) is 26.2 Å². The number of nitrogens with one attached hydrogen (secondary N) is 1. The molecular weight excluding hydrogens is 352 g/mol. The Balaban J connectivity index is 1.46. The van der Waals surface area contributed by atoms with Gasteiger partial charge in [-0.05, 0) is 40.8 Å². The monoisotopic (exact) mass is 376 g/mol. The molecule has 0 saturated carbocycles. The molecule has 0 fully saturated rings. The molecule has 1 heterocycles. The van der Waals surface area contributed by atoms with Crippen LogP contribution in [0.1, 0.15) is 31.9 Å². The highest BCUT2D eigenvalue weighted by Gasteiger charge is 2.13. The van der Waals surface area contributed by atoms with Gasteiger partial charge < -0.3 is 9.30 Å².